The van der Waals surface area contributed by atoms with Gasteiger partial charge in [-0.05, 0) is 43.4 Å². The summed E-state index contributed by atoms with van der Waals surface area (Å²) in [6.07, 6.45) is 0.326. The van der Waals surface area contributed by atoms with E-state index in [0.29, 0.717) is 27.5 Å². The van der Waals surface area contributed by atoms with Gasteiger partial charge in [0.25, 0.3) is 0 Å². The quantitative estimate of drug-likeness (QED) is 0.457. The Labute approximate surface area is 177 Å². The monoisotopic (exact) mass is 441 g/mol. The number of aromatic nitrogens is 1. The Morgan fingerprint density at radius 2 is 1.85 bits per heavy atom. The molecule has 1 amide bonds. The summed E-state index contributed by atoms with van der Waals surface area (Å²) in [6.45, 7) is 7.57. The van der Waals surface area contributed by atoms with Crippen molar-refractivity contribution in [2.75, 3.05) is 31.1 Å². The second-order valence-electron chi connectivity index (χ2n) is 6.06. The van der Waals surface area contributed by atoms with Crippen LogP contribution >= 0.6 is 45.9 Å². The highest BCUT2D eigenvalue weighted by molar-refractivity contribution is 7.22. The predicted molar refractivity (Wildman–Crippen MR) is 118 cm³/mol. The average molecular weight is 442 g/mol. The Hall–Kier alpha value is -1.18. The summed E-state index contributed by atoms with van der Waals surface area (Å²) in [4.78, 5) is 22.8. The number of carbonyl (C=O) groups excluding carboxylic acids is 1. The molecule has 0 spiro atoms. The molecule has 4 nitrogen and oxygen atoms in total. The highest BCUT2D eigenvalue weighted by Gasteiger charge is 2.21. The van der Waals surface area contributed by atoms with Gasteiger partial charge in [0.2, 0.25) is 5.91 Å². The predicted octanol–water partition coefficient (Wildman–Crippen LogP) is 5.58. The molecule has 2 heterocycles. The molecular formula is C19H21Cl2N3OS2. The van der Waals surface area contributed by atoms with Gasteiger partial charge in [0.05, 0.1) is 21.0 Å². The van der Waals surface area contributed by atoms with Gasteiger partial charge in [-0.1, -0.05) is 48.4 Å². The van der Waals surface area contributed by atoms with Crippen molar-refractivity contribution < 1.29 is 4.79 Å². The maximum absolute atomic E-state index is 13.1. The van der Waals surface area contributed by atoms with E-state index in [1.807, 2.05) is 30.3 Å². The molecule has 0 saturated carbocycles. The van der Waals surface area contributed by atoms with Gasteiger partial charge in [-0.25, -0.2) is 4.98 Å². The molecule has 144 valence electrons. The van der Waals surface area contributed by atoms with Crippen LogP contribution in [0.3, 0.4) is 0 Å². The summed E-state index contributed by atoms with van der Waals surface area (Å²) in [5, 5.41) is 1.39. The first kappa shape index (κ1) is 20.6. The number of thiazole rings is 1. The first-order valence-corrected chi connectivity index (χ1v) is 11.2. The van der Waals surface area contributed by atoms with Gasteiger partial charge in [-0.3, -0.25) is 9.69 Å². The fraction of sp³-hybridized carbons (Fsp3) is 0.368. The smallest absolute Gasteiger partial charge is 0.234 e. The topological polar surface area (TPSA) is 36.4 Å². The van der Waals surface area contributed by atoms with Gasteiger partial charge < -0.3 is 4.90 Å². The van der Waals surface area contributed by atoms with Crippen molar-refractivity contribution in [3.8, 4) is 0 Å². The first-order chi connectivity index (χ1) is 13.0. The van der Waals surface area contributed by atoms with E-state index >= 15 is 0 Å². The van der Waals surface area contributed by atoms with Crippen LogP contribution in [0.5, 0.6) is 0 Å². The van der Waals surface area contributed by atoms with Crippen LogP contribution in [0.15, 0.2) is 30.3 Å². The molecule has 1 aromatic carbocycles. The summed E-state index contributed by atoms with van der Waals surface area (Å²) in [5.41, 5.74) is 0.860. The third-order valence-corrected chi connectivity index (χ3v) is 6.87. The van der Waals surface area contributed by atoms with Crippen molar-refractivity contribution in [2.24, 2.45) is 0 Å². The minimum absolute atomic E-state index is 0.0332. The van der Waals surface area contributed by atoms with E-state index in [1.54, 1.807) is 4.90 Å². The normalized spacial score (nSPS) is 11.4. The number of benzene rings is 1. The van der Waals surface area contributed by atoms with E-state index in [1.165, 1.54) is 22.7 Å². The minimum Gasteiger partial charge on any atom is -0.302 e. The van der Waals surface area contributed by atoms with E-state index in [2.05, 4.69) is 23.7 Å². The molecule has 0 aliphatic rings. The third-order valence-electron chi connectivity index (χ3n) is 4.36. The molecule has 2 aromatic heterocycles. The lowest BCUT2D eigenvalue weighted by molar-refractivity contribution is -0.118. The van der Waals surface area contributed by atoms with Crippen LogP contribution in [-0.4, -0.2) is 42.0 Å². The second kappa shape index (κ2) is 9.34. The van der Waals surface area contributed by atoms with Crippen LogP contribution in [0.2, 0.25) is 9.36 Å². The zero-order valence-electron chi connectivity index (χ0n) is 15.2. The molecule has 0 N–H and O–H groups in total. The van der Waals surface area contributed by atoms with Crippen molar-refractivity contribution >= 4 is 67.1 Å². The van der Waals surface area contributed by atoms with Crippen molar-refractivity contribution in [1.82, 2.24) is 9.88 Å². The van der Waals surface area contributed by atoms with Gasteiger partial charge in [0.1, 0.15) is 0 Å². The van der Waals surface area contributed by atoms with E-state index < -0.39 is 0 Å². The number of halogens is 2. The summed E-state index contributed by atoms with van der Waals surface area (Å²) in [5.74, 6) is 0.0332. The van der Waals surface area contributed by atoms with Crippen LogP contribution in [-0.2, 0) is 11.2 Å². The Bertz CT molecular complexity index is 921. The van der Waals surface area contributed by atoms with Crippen LogP contribution in [0.4, 0.5) is 5.13 Å². The van der Waals surface area contributed by atoms with E-state index in [0.717, 1.165) is 34.7 Å². The van der Waals surface area contributed by atoms with Crippen molar-refractivity contribution in [3.05, 3.63) is 44.6 Å². The number of thiophene rings is 1. The number of anilines is 1. The number of hydrogen-bond donors (Lipinski definition) is 0. The highest BCUT2D eigenvalue weighted by atomic mass is 35.5. The summed E-state index contributed by atoms with van der Waals surface area (Å²) < 4.78 is 1.68. The lowest BCUT2D eigenvalue weighted by Gasteiger charge is -2.24. The molecule has 0 aliphatic heterocycles. The Balaban J connectivity index is 1.86. The van der Waals surface area contributed by atoms with Gasteiger partial charge >= 0.3 is 0 Å². The van der Waals surface area contributed by atoms with Crippen LogP contribution in [0.1, 0.15) is 18.7 Å². The summed E-state index contributed by atoms with van der Waals surface area (Å²) >= 11 is 15.1. The highest BCUT2D eigenvalue weighted by Crippen LogP contribution is 2.31. The number of carbonyl (C=O) groups is 1. The SMILES string of the molecule is CCN(CC)CCN(C(=O)Cc1ccc(Cl)s1)c1nc2ccc(Cl)cc2s1. The van der Waals surface area contributed by atoms with E-state index in [9.17, 15) is 4.79 Å². The zero-order chi connectivity index (χ0) is 19.4. The second-order valence-corrected chi connectivity index (χ2v) is 9.31. The number of rotatable bonds is 8. The number of fused-ring (bicyclic) bond motifs is 1. The fourth-order valence-corrected chi connectivity index (χ4v) is 5.16. The zero-order valence-corrected chi connectivity index (χ0v) is 18.4. The molecule has 27 heavy (non-hydrogen) atoms. The molecule has 8 heteroatoms. The lowest BCUT2D eigenvalue weighted by atomic mass is 10.3. The minimum atomic E-state index is 0.0332. The van der Waals surface area contributed by atoms with Crippen molar-refractivity contribution in [3.63, 3.8) is 0 Å². The number of hydrogen-bond acceptors (Lipinski definition) is 5. The molecule has 0 radical (unpaired) electrons. The Morgan fingerprint density at radius 3 is 2.52 bits per heavy atom. The maximum atomic E-state index is 13.1. The Kier molecular flexibility index (Phi) is 7.11. The maximum Gasteiger partial charge on any atom is 0.234 e. The first-order valence-electron chi connectivity index (χ1n) is 8.83. The van der Waals surface area contributed by atoms with Gasteiger partial charge in [-0.15, -0.1) is 11.3 Å². The van der Waals surface area contributed by atoms with Gasteiger partial charge in [-0.2, -0.15) is 0 Å². The van der Waals surface area contributed by atoms with Gasteiger partial charge in [0.15, 0.2) is 5.13 Å². The fourth-order valence-electron chi connectivity index (χ4n) is 2.80. The van der Waals surface area contributed by atoms with Crippen molar-refractivity contribution in [1.29, 1.82) is 0 Å². The molecule has 0 aliphatic carbocycles. The van der Waals surface area contributed by atoms with Crippen LogP contribution < -0.4 is 4.90 Å². The average Bonchev–Trinajstić information content (AvgIpc) is 3.24. The van der Waals surface area contributed by atoms with E-state index in [-0.39, 0.29) is 5.91 Å². The molecule has 0 bridgehead atoms. The lowest BCUT2D eigenvalue weighted by Crippen LogP contribution is -2.39. The molecule has 3 rings (SSSR count). The molecule has 0 fully saturated rings. The molecule has 0 unspecified atom stereocenters. The largest absolute Gasteiger partial charge is 0.302 e. The van der Waals surface area contributed by atoms with Gasteiger partial charge in [0, 0.05) is 23.0 Å². The molecule has 3 aromatic rings. The molecule has 0 saturated heterocycles. The standard InChI is InChI=1S/C19H21Cl2N3OS2/c1-3-23(4-2)9-10-24(18(25)12-14-6-8-17(21)26-14)19-22-15-7-5-13(20)11-16(15)27-19/h5-8,11H,3-4,9-10,12H2,1-2H3. The van der Waals surface area contributed by atoms with Crippen LogP contribution in [0.25, 0.3) is 10.2 Å². The molecular weight excluding hydrogens is 421 g/mol. The third kappa shape index (κ3) is 5.21. The summed E-state index contributed by atoms with van der Waals surface area (Å²) in [6, 6.07) is 9.34. The number of likely N-dealkylation sites (N-methyl/N-ethyl adjacent to an activating group) is 1. The molecule has 0 atom stereocenters. The number of nitrogens with zero attached hydrogens (tertiary/aromatic N) is 3. The van der Waals surface area contributed by atoms with Crippen LogP contribution in [0, 0.1) is 0 Å². The Morgan fingerprint density at radius 1 is 1.07 bits per heavy atom. The summed E-state index contributed by atoms with van der Waals surface area (Å²) in [7, 11) is 0. The number of amides is 1. The van der Waals surface area contributed by atoms with E-state index in [4.69, 9.17) is 23.2 Å². The van der Waals surface area contributed by atoms with Crippen molar-refractivity contribution in [2.45, 2.75) is 20.3 Å².